The van der Waals surface area contributed by atoms with Crippen LogP contribution in [-0.4, -0.2) is 11.6 Å². The summed E-state index contributed by atoms with van der Waals surface area (Å²) in [5.41, 5.74) is 0.843. The van der Waals surface area contributed by atoms with E-state index in [0.29, 0.717) is 17.2 Å². The van der Waals surface area contributed by atoms with Crippen LogP contribution in [0.3, 0.4) is 0 Å². The zero-order valence-electron chi connectivity index (χ0n) is 13.6. The van der Waals surface area contributed by atoms with Crippen molar-refractivity contribution in [1.29, 1.82) is 0 Å². The van der Waals surface area contributed by atoms with Gasteiger partial charge in [-0.25, -0.2) is 0 Å². The molecule has 0 saturated carbocycles. The summed E-state index contributed by atoms with van der Waals surface area (Å²) in [5.74, 6) is -0.682. The first-order valence-corrected chi connectivity index (χ1v) is 7.54. The Morgan fingerprint density at radius 3 is 2.39 bits per heavy atom. The van der Waals surface area contributed by atoms with Gasteiger partial charge in [-0.05, 0) is 55.2 Å². The number of hydrogen-bond acceptors (Lipinski definition) is 3. The number of aliphatic carboxylic acids is 1. The Bertz CT molecular complexity index is 658. The van der Waals surface area contributed by atoms with E-state index in [9.17, 15) is 9.90 Å². The fourth-order valence-electron chi connectivity index (χ4n) is 2.08. The molecule has 1 atom stereocenters. The molecule has 0 amide bonds. The summed E-state index contributed by atoms with van der Waals surface area (Å²) in [4.78, 5) is 11.2. The number of benzene rings is 2. The van der Waals surface area contributed by atoms with Crippen molar-refractivity contribution in [3.05, 3.63) is 64.7 Å². The predicted octanol–water partition coefficient (Wildman–Crippen LogP) is 0.232. The van der Waals surface area contributed by atoms with Gasteiger partial charge in [0.05, 0.1) is 5.97 Å². The van der Waals surface area contributed by atoms with Gasteiger partial charge in [0.25, 0.3) is 0 Å². The second kappa shape index (κ2) is 8.74. The van der Waals surface area contributed by atoms with Gasteiger partial charge in [-0.1, -0.05) is 42.8 Å². The number of hydrogen-bond donors (Lipinski definition) is 0. The first kappa shape index (κ1) is 20.0. The van der Waals surface area contributed by atoms with Gasteiger partial charge in [0.2, 0.25) is 0 Å². The van der Waals surface area contributed by atoms with Gasteiger partial charge in [0.1, 0.15) is 11.4 Å². The average molecular weight is 341 g/mol. The van der Waals surface area contributed by atoms with Crippen LogP contribution in [0.15, 0.2) is 48.5 Å². The first-order chi connectivity index (χ1) is 10.4. The Balaban J connectivity index is 0.00000264. The number of carboxylic acids is 1. The van der Waals surface area contributed by atoms with Gasteiger partial charge in [-0.15, -0.1) is 0 Å². The Morgan fingerprint density at radius 2 is 1.83 bits per heavy atom. The topological polar surface area (TPSA) is 49.4 Å². The molecule has 0 aliphatic rings. The number of rotatable bonds is 6. The van der Waals surface area contributed by atoms with Crippen molar-refractivity contribution in [3.8, 4) is 5.75 Å². The van der Waals surface area contributed by atoms with E-state index < -0.39 is 11.6 Å². The summed E-state index contributed by atoms with van der Waals surface area (Å²) >= 11 is 5.88. The molecule has 0 fully saturated rings. The molecule has 2 rings (SSSR count). The van der Waals surface area contributed by atoms with Gasteiger partial charge >= 0.3 is 29.6 Å². The number of carbonyl (C=O) groups is 1. The number of carbonyl (C=O) groups excluding carboxylic acids is 1. The van der Waals surface area contributed by atoms with Crippen LogP contribution in [0.25, 0.3) is 0 Å². The van der Waals surface area contributed by atoms with Gasteiger partial charge in [-0.2, -0.15) is 0 Å². The van der Waals surface area contributed by atoms with Gasteiger partial charge in [-0.3, -0.25) is 0 Å². The van der Waals surface area contributed by atoms with Crippen LogP contribution in [0.4, 0.5) is 0 Å². The van der Waals surface area contributed by atoms with Gasteiger partial charge < -0.3 is 14.6 Å². The quantitative estimate of drug-likeness (QED) is 0.708. The molecule has 2 aromatic carbocycles. The third-order valence-electron chi connectivity index (χ3n) is 3.67. The smallest absolute Gasteiger partial charge is 0.546 e. The molecule has 3 nitrogen and oxygen atoms in total. The molecule has 1 unspecified atom stereocenters. The molecule has 0 aliphatic heterocycles. The van der Waals surface area contributed by atoms with E-state index in [0.717, 1.165) is 17.5 Å². The second-order valence-corrected chi connectivity index (χ2v) is 5.86. The second-order valence-electron chi connectivity index (χ2n) is 5.42. The Labute approximate surface area is 163 Å². The van der Waals surface area contributed by atoms with Crippen molar-refractivity contribution in [3.63, 3.8) is 0 Å². The standard InChI is InChI=1S/C18H19ClO3.Na/c1-3-18(2,17(20)21)22-16-6-4-5-14(12-16)11-13-7-9-15(19)10-8-13;/h4-10,12H,3,11H2,1-2H3,(H,20,21);/q;+1/p-1. The molecule has 2 aromatic rings. The van der Waals surface area contributed by atoms with E-state index >= 15 is 0 Å². The Kier molecular flexibility index (Phi) is 7.62. The van der Waals surface area contributed by atoms with E-state index in [4.69, 9.17) is 16.3 Å². The van der Waals surface area contributed by atoms with Crippen molar-refractivity contribution in [2.75, 3.05) is 0 Å². The third kappa shape index (κ3) is 5.54. The van der Waals surface area contributed by atoms with Gasteiger partial charge in [0.15, 0.2) is 0 Å². The summed E-state index contributed by atoms with van der Waals surface area (Å²) in [6.45, 7) is 3.28. The van der Waals surface area contributed by atoms with Crippen LogP contribution < -0.4 is 39.4 Å². The maximum Gasteiger partial charge on any atom is 1.00 e. The van der Waals surface area contributed by atoms with Crippen LogP contribution in [0.2, 0.25) is 5.02 Å². The van der Waals surface area contributed by atoms with Crippen molar-refractivity contribution in [2.45, 2.75) is 32.3 Å². The minimum atomic E-state index is -1.32. The molecule has 0 heterocycles. The summed E-state index contributed by atoms with van der Waals surface area (Å²) in [7, 11) is 0. The molecule has 0 radical (unpaired) electrons. The SMILES string of the molecule is CCC(C)(Oc1cccc(Cc2ccc(Cl)cc2)c1)C(=O)[O-].[Na+]. The zero-order valence-corrected chi connectivity index (χ0v) is 16.4. The minimum absolute atomic E-state index is 0. The van der Waals surface area contributed by atoms with Crippen molar-refractivity contribution >= 4 is 17.6 Å². The van der Waals surface area contributed by atoms with E-state index in [1.54, 1.807) is 13.0 Å². The summed E-state index contributed by atoms with van der Waals surface area (Å²) in [6.07, 6.45) is 1.05. The Morgan fingerprint density at radius 1 is 1.17 bits per heavy atom. The zero-order chi connectivity index (χ0) is 16.2. The molecule has 0 N–H and O–H groups in total. The maximum atomic E-state index is 11.2. The van der Waals surface area contributed by atoms with Crippen LogP contribution in [0.1, 0.15) is 31.4 Å². The Hall–Kier alpha value is -1.000. The summed E-state index contributed by atoms with van der Waals surface area (Å²) in [5, 5.41) is 11.9. The van der Waals surface area contributed by atoms with Crippen molar-refractivity contribution in [1.82, 2.24) is 0 Å². The van der Waals surface area contributed by atoms with E-state index in [1.807, 2.05) is 42.5 Å². The van der Waals surface area contributed by atoms with E-state index in [1.165, 1.54) is 6.92 Å². The fraction of sp³-hybridized carbons (Fsp3) is 0.278. The molecule has 5 heteroatoms. The van der Waals surface area contributed by atoms with Gasteiger partial charge in [0, 0.05) is 5.02 Å². The third-order valence-corrected chi connectivity index (χ3v) is 3.92. The molecule has 116 valence electrons. The molecule has 0 aromatic heterocycles. The fourth-order valence-corrected chi connectivity index (χ4v) is 2.20. The predicted molar refractivity (Wildman–Crippen MR) is 85.0 cm³/mol. The van der Waals surface area contributed by atoms with Crippen molar-refractivity contribution < 1.29 is 44.2 Å². The van der Waals surface area contributed by atoms with E-state index in [2.05, 4.69) is 0 Å². The molecule has 0 bridgehead atoms. The molecular weight excluding hydrogens is 323 g/mol. The average Bonchev–Trinajstić information content (AvgIpc) is 2.49. The van der Waals surface area contributed by atoms with Crippen LogP contribution in [-0.2, 0) is 11.2 Å². The first-order valence-electron chi connectivity index (χ1n) is 7.17. The van der Waals surface area contributed by atoms with Crippen LogP contribution >= 0.6 is 11.6 Å². The molecule has 23 heavy (non-hydrogen) atoms. The number of carboxylic acid groups (broad SMARTS) is 1. The molecular formula is C18H18ClNaO3. The van der Waals surface area contributed by atoms with Crippen LogP contribution in [0, 0.1) is 0 Å². The number of halogens is 1. The van der Waals surface area contributed by atoms with E-state index in [-0.39, 0.29) is 29.6 Å². The van der Waals surface area contributed by atoms with Crippen molar-refractivity contribution in [2.24, 2.45) is 0 Å². The largest absolute Gasteiger partial charge is 1.00 e. The normalized spacial score (nSPS) is 12.8. The minimum Gasteiger partial charge on any atom is -0.546 e. The summed E-state index contributed by atoms with van der Waals surface area (Å²) in [6, 6.07) is 15.1. The summed E-state index contributed by atoms with van der Waals surface area (Å²) < 4.78 is 5.63. The van der Waals surface area contributed by atoms with Crippen LogP contribution in [0.5, 0.6) is 5.75 Å². The molecule has 0 aliphatic carbocycles. The number of ether oxygens (including phenoxy) is 1. The monoisotopic (exact) mass is 340 g/mol. The maximum absolute atomic E-state index is 11.2. The molecule has 0 saturated heterocycles. The molecule has 0 spiro atoms.